The van der Waals surface area contributed by atoms with Crippen molar-refractivity contribution in [1.29, 1.82) is 0 Å². The summed E-state index contributed by atoms with van der Waals surface area (Å²) in [5.74, 6) is 0.903. The maximum atomic E-state index is 4.85. The van der Waals surface area contributed by atoms with E-state index < -0.39 is 0 Å². The number of oxazole rings is 1. The number of nitrogens with zero attached hydrogens (tertiary/aromatic N) is 16. The number of aromatic nitrogens is 19. The first-order valence-corrected chi connectivity index (χ1v) is 25.1. The minimum absolute atomic E-state index is 0.903. The van der Waals surface area contributed by atoms with Crippen molar-refractivity contribution in [2.75, 3.05) is 0 Å². The molecule has 22 heteroatoms. The predicted molar refractivity (Wildman–Crippen MR) is 292 cm³/mol. The molecule has 0 saturated heterocycles. The fraction of sp³-hybridized carbons (Fsp3) is 0.500. The number of aryl methyl sites for hydroxylation is 12. The molecule has 70 heavy (non-hydrogen) atoms. The summed E-state index contributed by atoms with van der Waals surface area (Å²) in [5, 5.41) is 43.6. The van der Waals surface area contributed by atoms with E-state index in [1.807, 2.05) is 175 Å². The molecule has 0 aliphatic rings. The lowest BCUT2D eigenvalue weighted by Gasteiger charge is -1.82. The Labute approximate surface area is 428 Å². The standard InChI is InChI=1S/C6H7N.C5H7NO.2C5H7NS.5C3H5N3.6C2H6/c1-6-4-2-3-5-7-6;3*1-4-5(2)7-3-6-4;1-6-3-2-4-5-6;1-6-4-2-3-5-6;3*1-3-2-4-6-5-3;6*1-2/h2-5H,1H3;3*3H,1-2H3;2*2-3H,1H3;3*2H,1H3,(H,4,5,6);6*1-2H3. The monoisotopic (exact) mass is 1010 g/mol. The summed E-state index contributed by atoms with van der Waals surface area (Å²) in [7, 11) is 3.60. The SMILES string of the molecule is CC.CC.CC.CC.CC.CC.Cc1ccccn1.Cc1cn[nH]n1.Cc1cn[nH]n1.Cc1cn[nH]n1.Cc1ncoc1C.Cc1ncsc1C.Cc1ncsc1C.Cn1ccnn1.Cn1nccn1. The Morgan fingerprint density at radius 2 is 0.886 bits per heavy atom. The largest absolute Gasteiger partial charge is 0.449 e. The number of hydrogen-bond donors (Lipinski definition) is 3. The zero-order chi connectivity index (χ0) is 55.0. The lowest BCUT2D eigenvalue weighted by atomic mass is 10.4. The molecule has 0 atom stereocenters. The second kappa shape index (κ2) is 58.4. The van der Waals surface area contributed by atoms with Crippen molar-refractivity contribution in [3.63, 3.8) is 0 Å². The van der Waals surface area contributed by atoms with Crippen LogP contribution in [0.1, 0.15) is 138 Å². The zero-order valence-electron chi connectivity index (χ0n) is 47.0. The zero-order valence-corrected chi connectivity index (χ0v) is 48.6. The van der Waals surface area contributed by atoms with Gasteiger partial charge in [0.15, 0.2) is 6.39 Å². The molecule has 0 bridgehead atoms. The van der Waals surface area contributed by atoms with Gasteiger partial charge >= 0.3 is 0 Å². The van der Waals surface area contributed by atoms with E-state index in [9.17, 15) is 0 Å². The molecule has 0 saturated carbocycles. The summed E-state index contributed by atoms with van der Waals surface area (Å²) in [5.41, 5.74) is 10.9. The lowest BCUT2D eigenvalue weighted by Crippen LogP contribution is -1.89. The van der Waals surface area contributed by atoms with Crippen LogP contribution in [0.4, 0.5) is 0 Å². The average Bonchev–Trinajstić information content (AvgIpc) is 4.26. The molecule has 0 fully saturated rings. The highest BCUT2D eigenvalue weighted by atomic mass is 32.1. The minimum atomic E-state index is 0.903. The molecule has 0 spiro atoms. The second-order valence-electron chi connectivity index (χ2n) is 11.4. The van der Waals surface area contributed by atoms with Gasteiger partial charge in [-0.1, -0.05) is 94.4 Å². The normalized spacial score (nSPS) is 8.00. The van der Waals surface area contributed by atoms with Crippen molar-refractivity contribution in [3.8, 4) is 0 Å². The van der Waals surface area contributed by atoms with Gasteiger partial charge in [-0.2, -0.15) is 61.2 Å². The first-order valence-electron chi connectivity index (χ1n) is 23.3. The van der Waals surface area contributed by atoms with Crippen molar-refractivity contribution in [2.24, 2.45) is 14.1 Å². The average molecular weight is 1010 g/mol. The van der Waals surface area contributed by atoms with E-state index in [0.29, 0.717) is 0 Å². The maximum absolute atomic E-state index is 4.85. The summed E-state index contributed by atoms with van der Waals surface area (Å²) in [4.78, 5) is 20.0. The first-order chi connectivity index (χ1) is 33.8. The van der Waals surface area contributed by atoms with E-state index in [1.54, 1.807) is 84.0 Å². The Morgan fingerprint density at radius 1 is 0.471 bits per heavy atom. The van der Waals surface area contributed by atoms with E-state index in [2.05, 4.69) is 101 Å². The molecule has 0 amide bonds. The highest BCUT2D eigenvalue weighted by Gasteiger charge is 1.91. The summed E-state index contributed by atoms with van der Waals surface area (Å²) in [6.45, 7) is 43.6. The molecule has 9 aromatic heterocycles. The molecule has 3 N–H and O–H groups in total. The highest BCUT2D eigenvalue weighted by molar-refractivity contribution is 7.09. The summed E-state index contributed by atoms with van der Waals surface area (Å²) in [6, 6.07) is 5.86. The van der Waals surface area contributed by atoms with Gasteiger partial charge in [-0.3, -0.25) is 9.67 Å². The number of nitrogens with one attached hydrogen (secondary N) is 3. The number of H-pyrrole nitrogens is 3. The van der Waals surface area contributed by atoms with Crippen LogP contribution in [-0.4, -0.2) is 96.2 Å². The van der Waals surface area contributed by atoms with Gasteiger partial charge in [-0.15, -0.1) is 27.8 Å². The van der Waals surface area contributed by atoms with Gasteiger partial charge in [0.2, 0.25) is 0 Å². The third-order valence-corrected chi connectivity index (χ3v) is 8.17. The Kier molecular flexibility index (Phi) is 62.5. The van der Waals surface area contributed by atoms with Crippen LogP contribution in [0.2, 0.25) is 0 Å². The Balaban J connectivity index is -0.000000160. The number of hydrogen-bond acceptors (Lipinski definition) is 17. The van der Waals surface area contributed by atoms with Crippen molar-refractivity contribution < 1.29 is 4.42 Å². The van der Waals surface area contributed by atoms with Crippen molar-refractivity contribution in [1.82, 2.24) is 96.2 Å². The number of rotatable bonds is 0. The van der Waals surface area contributed by atoms with Crippen molar-refractivity contribution in [2.45, 2.75) is 152 Å². The van der Waals surface area contributed by atoms with Crippen LogP contribution in [-0.2, 0) is 14.1 Å². The topological polar surface area (TPSA) is 251 Å². The minimum Gasteiger partial charge on any atom is -0.449 e. The van der Waals surface area contributed by atoms with Gasteiger partial charge in [0.05, 0.1) is 82.4 Å². The first kappa shape index (κ1) is 74.8. The molecule has 394 valence electrons. The van der Waals surface area contributed by atoms with Crippen LogP contribution in [0.25, 0.3) is 0 Å². The van der Waals surface area contributed by atoms with Crippen LogP contribution in [0, 0.1) is 69.2 Å². The molecule has 9 aromatic rings. The fourth-order valence-electron chi connectivity index (χ4n) is 2.86. The van der Waals surface area contributed by atoms with Gasteiger partial charge in [0.25, 0.3) is 0 Å². The molecule has 20 nitrogen and oxygen atoms in total. The van der Waals surface area contributed by atoms with E-state index in [4.69, 9.17) is 4.42 Å². The van der Waals surface area contributed by atoms with Gasteiger partial charge in [-0.05, 0) is 81.4 Å². The molecule has 0 aromatic carbocycles. The number of aromatic amines is 3. The summed E-state index contributed by atoms with van der Waals surface area (Å²) >= 11 is 3.39. The van der Waals surface area contributed by atoms with E-state index in [1.165, 1.54) is 20.9 Å². The van der Waals surface area contributed by atoms with Crippen molar-refractivity contribution in [3.05, 3.63) is 141 Å². The molecular weight excluding hydrogens is 923 g/mol. The number of thiazole rings is 2. The Hall–Kier alpha value is -6.68. The molecule has 0 unspecified atom stereocenters. The van der Waals surface area contributed by atoms with Crippen LogP contribution >= 0.6 is 22.7 Å². The molecular formula is C48H89N19OS2. The lowest BCUT2D eigenvalue weighted by molar-refractivity contribution is 0.525. The number of pyridine rings is 1. The van der Waals surface area contributed by atoms with E-state index >= 15 is 0 Å². The summed E-state index contributed by atoms with van der Waals surface area (Å²) in [6.07, 6.45) is 14.9. The van der Waals surface area contributed by atoms with Gasteiger partial charge in [0, 0.05) is 41.9 Å². The molecule has 0 aliphatic heterocycles. The fourth-order valence-corrected chi connectivity index (χ4v) is 4.04. The smallest absolute Gasteiger partial charge is 0.181 e. The molecule has 0 radical (unpaired) electrons. The van der Waals surface area contributed by atoms with Crippen LogP contribution in [0.5, 0.6) is 0 Å². The van der Waals surface area contributed by atoms with Gasteiger partial charge in [-0.25, -0.2) is 15.0 Å². The van der Waals surface area contributed by atoms with E-state index in [-0.39, 0.29) is 0 Å². The van der Waals surface area contributed by atoms with Crippen LogP contribution in [0.3, 0.4) is 0 Å². The molecule has 9 heterocycles. The quantitative estimate of drug-likeness (QED) is 0.128. The second-order valence-corrected chi connectivity index (χ2v) is 13.5. The third kappa shape index (κ3) is 50.7. The van der Waals surface area contributed by atoms with Crippen LogP contribution < -0.4 is 0 Å². The maximum Gasteiger partial charge on any atom is 0.181 e. The van der Waals surface area contributed by atoms with E-state index in [0.717, 1.165) is 45.6 Å². The molecule has 9 rings (SSSR count). The summed E-state index contributed by atoms with van der Waals surface area (Å²) < 4.78 is 6.49. The highest BCUT2D eigenvalue weighted by Crippen LogP contribution is 2.08. The van der Waals surface area contributed by atoms with Gasteiger partial charge < -0.3 is 4.42 Å². The Morgan fingerprint density at radius 3 is 0.986 bits per heavy atom. The third-order valence-electron chi connectivity index (χ3n) is 6.45. The van der Waals surface area contributed by atoms with Gasteiger partial charge in [0.1, 0.15) is 5.76 Å². The van der Waals surface area contributed by atoms with Crippen LogP contribution in [0.15, 0.2) is 89.6 Å². The predicted octanol–water partition coefficient (Wildman–Crippen LogP) is 12.3. The molecule has 0 aliphatic carbocycles. The van der Waals surface area contributed by atoms with Crippen molar-refractivity contribution >= 4 is 22.7 Å². The Bertz CT molecular complexity index is 1840.